The third-order valence-electron chi connectivity index (χ3n) is 4.21. The Bertz CT molecular complexity index is 1100. The molecule has 0 radical (unpaired) electrons. The second-order valence-electron chi connectivity index (χ2n) is 6.09. The number of rotatable bonds is 4. The summed E-state index contributed by atoms with van der Waals surface area (Å²) in [5.74, 6) is 1.55. The number of nitrogens with one attached hydrogen (secondary N) is 2. The molecule has 4 aromatic rings. The van der Waals surface area contributed by atoms with Gasteiger partial charge in [0.1, 0.15) is 12.2 Å². The summed E-state index contributed by atoms with van der Waals surface area (Å²) in [6.07, 6.45) is 1.50. The summed E-state index contributed by atoms with van der Waals surface area (Å²) >= 11 is 0. The van der Waals surface area contributed by atoms with Gasteiger partial charge in [-0.2, -0.15) is 0 Å². The molecule has 2 aromatic heterocycles. The Hall–Kier alpha value is -4.08. The largest absolute Gasteiger partial charge is 0.323 e. The quantitative estimate of drug-likeness (QED) is 0.566. The Balaban J connectivity index is 1.44. The summed E-state index contributed by atoms with van der Waals surface area (Å²) in [5, 5.41) is 24.9. The molecule has 0 aliphatic carbocycles. The van der Waals surface area contributed by atoms with Crippen LogP contribution in [0.3, 0.4) is 0 Å². The molecule has 10 nitrogen and oxygen atoms in total. The topological polar surface area (TPSA) is 115 Å². The van der Waals surface area contributed by atoms with E-state index < -0.39 is 0 Å². The van der Waals surface area contributed by atoms with E-state index in [0.717, 1.165) is 22.9 Å². The van der Waals surface area contributed by atoms with Crippen molar-refractivity contribution in [1.29, 1.82) is 0 Å². The first-order valence-electron chi connectivity index (χ1n) is 8.48. The molecule has 2 N–H and O–H groups in total. The van der Waals surface area contributed by atoms with E-state index in [9.17, 15) is 4.79 Å². The van der Waals surface area contributed by atoms with E-state index in [1.54, 1.807) is 12.1 Å². The van der Waals surface area contributed by atoms with Gasteiger partial charge < -0.3 is 15.2 Å². The fraction of sp³-hybridized carbons (Fsp3) is 0.111. The van der Waals surface area contributed by atoms with Gasteiger partial charge in [-0.15, -0.1) is 15.3 Å². The van der Waals surface area contributed by atoms with Crippen LogP contribution in [0.2, 0.25) is 0 Å². The maximum Gasteiger partial charge on any atom is 0.323 e. The zero-order chi connectivity index (χ0) is 19.5. The summed E-state index contributed by atoms with van der Waals surface area (Å²) in [4.78, 5) is 12.3. The van der Waals surface area contributed by atoms with Crippen LogP contribution in [0.4, 0.5) is 16.2 Å². The van der Waals surface area contributed by atoms with Crippen molar-refractivity contribution in [2.75, 3.05) is 10.6 Å². The standard InChI is InChI=1S/C18H17N9O/c1-12-22-23-17(26(12)2)13-4-3-5-15(10-13)21-18(28)20-14-6-8-16(9-7-14)27-11-19-24-25-27/h3-11H,1-2H3,(H2,20,21,28). The molecule has 0 fully saturated rings. The lowest BCUT2D eigenvalue weighted by molar-refractivity contribution is 0.262. The summed E-state index contributed by atoms with van der Waals surface area (Å²) in [6.45, 7) is 1.89. The van der Waals surface area contributed by atoms with Crippen LogP contribution in [-0.4, -0.2) is 41.0 Å². The SMILES string of the molecule is Cc1nnc(-c2cccc(NC(=O)Nc3ccc(-n4cnnn4)cc3)c2)n1C. The van der Waals surface area contributed by atoms with Gasteiger partial charge >= 0.3 is 6.03 Å². The van der Waals surface area contributed by atoms with E-state index in [4.69, 9.17) is 0 Å². The number of hydrogen-bond donors (Lipinski definition) is 2. The Kier molecular flexibility index (Phi) is 4.50. The van der Waals surface area contributed by atoms with Gasteiger partial charge in [-0.05, 0) is 53.7 Å². The highest BCUT2D eigenvalue weighted by Crippen LogP contribution is 2.21. The lowest BCUT2D eigenvalue weighted by Gasteiger charge is -2.09. The smallest absolute Gasteiger partial charge is 0.314 e. The molecule has 2 heterocycles. The number of benzene rings is 2. The van der Waals surface area contributed by atoms with E-state index in [0.29, 0.717) is 11.4 Å². The highest BCUT2D eigenvalue weighted by Gasteiger charge is 2.09. The highest BCUT2D eigenvalue weighted by atomic mass is 16.2. The van der Waals surface area contributed by atoms with Gasteiger partial charge in [0.05, 0.1) is 5.69 Å². The van der Waals surface area contributed by atoms with Crippen LogP contribution >= 0.6 is 0 Å². The molecule has 4 rings (SSSR count). The number of aromatic nitrogens is 7. The van der Waals surface area contributed by atoms with Crippen molar-refractivity contribution in [3.05, 3.63) is 60.7 Å². The molecule has 0 atom stereocenters. The predicted octanol–water partition coefficient (Wildman–Crippen LogP) is 2.41. The van der Waals surface area contributed by atoms with Crippen LogP contribution in [0.1, 0.15) is 5.82 Å². The summed E-state index contributed by atoms with van der Waals surface area (Å²) in [7, 11) is 1.90. The van der Waals surface area contributed by atoms with E-state index >= 15 is 0 Å². The van der Waals surface area contributed by atoms with Crippen molar-refractivity contribution in [3.63, 3.8) is 0 Å². The van der Waals surface area contributed by atoms with E-state index in [1.807, 2.05) is 54.9 Å². The molecule has 0 aliphatic rings. The van der Waals surface area contributed by atoms with Gasteiger partial charge in [0.15, 0.2) is 5.82 Å². The van der Waals surface area contributed by atoms with Gasteiger partial charge in [-0.1, -0.05) is 12.1 Å². The lowest BCUT2D eigenvalue weighted by atomic mass is 10.2. The van der Waals surface area contributed by atoms with Gasteiger partial charge in [0.2, 0.25) is 0 Å². The average Bonchev–Trinajstić information content (AvgIpc) is 3.34. The third kappa shape index (κ3) is 3.56. The Morgan fingerprint density at radius 3 is 2.46 bits per heavy atom. The Labute approximate surface area is 160 Å². The highest BCUT2D eigenvalue weighted by molar-refractivity contribution is 6.00. The van der Waals surface area contributed by atoms with Crippen molar-refractivity contribution in [2.24, 2.45) is 7.05 Å². The number of amides is 2. The maximum atomic E-state index is 12.3. The number of tetrazole rings is 1. The van der Waals surface area contributed by atoms with E-state index in [1.165, 1.54) is 11.0 Å². The van der Waals surface area contributed by atoms with Gasteiger partial charge in [-0.25, -0.2) is 9.48 Å². The molecule has 10 heteroatoms. The third-order valence-corrected chi connectivity index (χ3v) is 4.21. The monoisotopic (exact) mass is 375 g/mol. The average molecular weight is 375 g/mol. The first kappa shape index (κ1) is 17.3. The normalized spacial score (nSPS) is 10.6. The lowest BCUT2D eigenvalue weighted by Crippen LogP contribution is -2.19. The first-order valence-corrected chi connectivity index (χ1v) is 8.48. The number of anilines is 2. The summed E-state index contributed by atoms with van der Waals surface area (Å²) < 4.78 is 3.43. The molecule has 0 aliphatic heterocycles. The van der Waals surface area contributed by atoms with Crippen molar-refractivity contribution in [2.45, 2.75) is 6.92 Å². The Morgan fingerprint density at radius 1 is 1.00 bits per heavy atom. The second kappa shape index (κ2) is 7.27. The van der Waals surface area contributed by atoms with Gasteiger partial charge in [0, 0.05) is 24.0 Å². The number of hydrogen-bond acceptors (Lipinski definition) is 6. The minimum atomic E-state index is -0.346. The van der Waals surface area contributed by atoms with Crippen LogP contribution in [0.15, 0.2) is 54.9 Å². The van der Waals surface area contributed by atoms with Crippen molar-refractivity contribution >= 4 is 17.4 Å². The molecule has 2 aromatic carbocycles. The molecule has 2 amide bonds. The molecule has 28 heavy (non-hydrogen) atoms. The first-order chi connectivity index (χ1) is 13.6. The number of nitrogens with zero attached hydrogens (tertiary/aromatic N) is 7. The van der Waals surface area contributed by atoms with Crippen LogP contribution in [0, 0.1) is 6.92 Å². The molecular formula is C18H17N9O. The van der Waals surface area contributed by atoms with Crippen molar-refractivity contribution in [1.82, 2.24) is 35.0 Å². The van der Waals surface area contributed by atoms with Crippen LogP contribution < -0.4 is 10.6 Å². The van der Waals surface area contributed by atoms with Crippen molar-refractivity contribution in [3.8, 4) is 17.1 Å². The van der Waals surface area contributed by atoms with Crippen LogP contribution in [-0.2, 0) is 7.05 Å². The molecule has 0 spiro atoms. The predicted molar refractivity (Wildman–Crippen MR) is 103 cm³/mol. The second-order valence-corrected chi connectivity index (χ2v) is 6.09. The number of aryl methyl sites for hydroxylation is 1. The van der Waals surface area contributed by atoms with E-state index in [2.05, 4.69) is 36.4 Å². The van der Waals surface area contributed by atoms with Crippen LogP contribution in [0.5, 0.6) is 0 Å². The molecule has 0 saturated heterocycles. The van der Waals surface area contributed by atoms with Crippen LogP contribution in [0.25, 0.3) is 17.1 Å². The number of urea groups is 1. The number of carbonyl (C=O) groups excluding carboxylic acids is 1. The van der Waals surface area contributed by atoms with E-state index in [-0.39, 0.29) is 6.03 Å². The fourth-order valence-electron chi connectivity index (χ4n) is 2.67. The van der Waals surface area contributed by atoms with Gasteiger partial charge in [0.25, 0.3) is 0 Å². The Morgan fingerprint density at radius 2 is 1.79 bits per heavy atom. The number of carbonyl (C=O) groups is 1. The maximum absolute atomic E-state index is 12.3. The zero-order valence-electron chi connectivity index (χ0n) is 15.2. The molecule has 0 bridgehead atoms. The molecule has 0 unspecified atom stereocenters. The summed E-state index contributed by atoms with van der Waals surface area (Å²) in [6, 6.07) is 14.3. The zero-order valence-corrected chi connectivity index (χ0v) is 15.2. The minimum Gasteiger partial charge on any atom is -0.314 e. The molecule has 140 valence electrons. The fourth-order valence-corrected chi connectivity index (χ4v) is 2.67. The summed E-state index contributed by atoms with van der Waals surface area (Å²) in [5.41, 5.74) is 2.96. The molecular weight excluding hydrogens is 358 g/mol. The van der Waals surface area contributed by atoms with Crippen molar-refractivity contribution < 1.29 is 4.79 Å². The molecule has 0 saturated carbocycles. The van der Waals surface area contributed by atoms with Gasteiger partial charge in [-0.3, -0.25) is 0 Å². The minimum absolute atomic E-state index is 0.346.